The van der Waals surface area contributed by atoms with Crippen LogP contribution in [0.15, 0.2) is 10.7 Å². The van der Waals surface area contributed by atoms with Crippen molar-refractivity contribution in [3.63, 3.8) is 0 Å². The van der Waals surface area contributed by atoms with Gasteiger partial charge in [0.1, 0.15) is 5.60 Å². The van der Waals surface area contributed by atoms with Crippen LogP contribution in [0.1, 0.15) is 12.6 Å². The van der Waals surface area contributed by atoms with E-state index in [1.807, 2.05) is 4.68 Å². The predicted molar refractivity (Wildman–Crippen MR) is 72.2 cm³/mol. The average molecular weight is 321 g/mol. The van der Waals surface area contributed by atoms with E-state index in [-0.39, 0.29) is 5.92 Å². The molecule has 2 rings (SSSR count). The van der Waals surface area contributed by atoms with Crippen LogP contribution in [-0.4, -0.2) is 40.1 Å². The van der Waals surface area contributed by atoms with Gasteiger partial charge in [-0.1, -0.05) is 6.92 Å². The standard InChI is InChI=1S/C11H17BrN2O2S/c1-8-6-17-7-11(8,15)10-9(12)5-13-14(10)3-4-16-2/h5,8,15H,3-4,6-7H2,1-2H3. The number of aromatic nitrogens is 2. The second-order valence-electron chi connectivity index (χ2n) is 4.40. The van der Waals surface area contributed by atoms with Crippen molar-refractivity contribution in [2.24, 2.45) is 5.92 Å². The molecule has 0 spiro atoms. The number of thioether (sulfide) groups is 1. The zero-order chi connectivity index (χ0) is 12.5. The van der Waals surface area contributed by atoms with Crippen LogP contribution in [0.4, 0.5) is 0 Å². The molecular weight excluding hydrogens is 304 g/mol. The summed E-state index contributed by atoms with van der Waals surface area (Å²) in [4.78, 5) is 0. The summed E-state index contributed by atoms with van der Waals surface area (Å²) >= 11 is 5.27. The number of nitrogens with zero attached hydrogens (tertiary/aromatic N) is 2. The first-order valence-corrected chi connectivity index (χ1v) is 7.55. The van der Waals surface area contributed by atoms with E-state index in [1.165, 1.54) is 0 Å². The third kappa shape index (κ3) is 2.41. The highest BCUT2D eigenvalue weighted by molar-refractivity contribution is 9.10. The van der Waals surface area contributed by atoms with Crippen LogP contribution in [0.25, 0.3) is 0 Å². The fourth-order valence-electron chi connectivity index (χ4n) is 2.11. The lowest BCUT2D eigenvalue weighted by Crippen LogP contribution is -2.35. The second kappa shape index (κ2) is 5.30. The summed E-state index contributed by atoms with van der Waals surface area (Å²) in [5.41, 5.74) is 0.0975. The average Bonchev–Trinajstić information content (AvgIpc) is 2.82. The van der Waals surface area contributed by atoms with Crippen LogP contribution < -0.4 is 0 Å². The van der Waals surface area contributed by atoms with Crippen LogP contribution in [0, 0.1) is 5.92 Å². The number of rotatable bonds is 4. The number of hydrogen-bond acceptors (Lipinski definition) is 4. The van der Waals surface area contributed by atoms with E-state index in [2.05, 4.69) is 28.0 Å². The van der Waals surface area contributed by atoms with Gasteiger partial charge in [-0.05, 0) is 21.7 Å². The molecule has 0 bridgehead atoms. The van der Waals surface area contributed by atoms with Crippen molar-refractivity contribution in [1.29, 1.82) is 0 Å². The summed E-state index contributed by atoms with van der Waals surface area (Å²) in [5.74, 6) is 1.95. The van der Waals surface area contributed by atoms with E-state index in [9.17, 15) is 5.11 Å². The number of hydrogen-bond donors (Lipinski definition) is 1. The van der Waals surface area contributed by atoms with Crippen molar-refractivity contribution in [3.05, 3.63) is 16.4 Å². The van der Waals surface area contributed by atoms with E-state index in [1.54, 1.807) is 25.1 Å². The van der Waals surface area contributed by atoms with Gasteiger partial charge >= 0.3 is 0 Å². The third-order valence-corrected chi connectivity index (χ3v) is 5.18. The summed E-state index contributed by atoms with van der Waals surface area (Å²) in [6.07, 6.45) is 1.75. The molecule has 2 unspecified atom stereocenters. The summed E-state index contributed by atoms with van der Waals surface area (Å²) < 4.78 is 7.79. The van der Waals surface area contributed by atoms with Crippen molar-refractivity contribution < 1.29 is 9.84 Å². The van der Waals surface area contributed by atoms with Crippen molar-refractivity contribution in [2.45, 2.75) is 19.1 Å². The Balaban J connectivity index is 2.33. The molecule has 1 aromatic rings. The molecule has 1 fully saturated rings. The van der Waals surface area contributed by atoms with Gasteiger partial charge in [0, 0.05) is 18.8 Å². The predicted octanol–water partition coefficient (Wildman–Crippen LogP) is 1.86. The highest BCUT2D eigenvalue weighted by atomic mass is 79.9. The minimum absolute atomic E-state index is 0.238. The lowest BCUT2D eigenvalue weighted by molar-refractivity contribution is 0.0127. The van der Waals surface area contributed by atoms with Gasteiger partial charge in [-0.15, -0.1) is 0 Å². The largest absolute Gasteiger partial charge is 0.383 e. The molecule has 1 saturated heterocycles. The lowest BCUT2D eigenvalue weighted by Gasteiger charge is -2.28. The van der Waals surface area contributed by atoms with Crippen LogP contribution in [0.3, 0.4) is 0 Å². The summed E-state index contributed by atoms with van der Waals surface area (Å²) in [6, 6.07) is 0. The molecule has 2 atom stereocenters. The van der Waals surface area contributed by atoms with Gasteiger partial charge in [0.05, 0.1) is 29.5 Å². The molecule has 1 aliphatic heterocycles. The molecule has 1 N–H and O–H groups in total. The first kappa shape index (κ1) is 13.4. The second-order valence-corrected chi connectivity index (χ2v) is 6.28. The Hall–Kier alpha value is -0.0400. The molecule has 1 aromatic heterocycles. The molecule has 1 aliphatic rings. The quantitative estimate of drug-likeness (QED) is 0.920. The Morgan fingerprint density at radius 1 is 1.76 bits per heavy atom. The number of methoxy groups -OCH3 is 1. The van der Waals surface area contributed by atoms with E-state index >= 15 is 0 Å². The number of halogens is 1. The van der Waals surface area contributed by atoms with E-state index < -0.39 is 5.60 Å². The maximum absolute atomic E-state index is 10.8. The fourth-order valence-corrected chi connectivity index (χ4v) is 4.23. The van der Waals surface area contributed by atoms with Crippen LogP contribution >= 0.6 is 27.7 Å². The molecule has 0 saturated carbocycles. The summed E-state index contributed by atoms with van der Waals surface area (Å²) in [6.45, 7) is 3.34. The van der Waals surface area contributed by atoms with Gasteiger partial charge in [0.25, 0.3) is 0 Å². The van der Waals surface area contributed by atoms with Crippen LogP contribution in [-0.2, 0) is 16.9 Å². The van der Waals surface area contributed by atoms with Crippen molar-refractivity contribution >= 4 is 27.7 Å². The van der Waals surface area contributed by atoms with Crippen molar-refractivity contribution in [2.75, 3.05) is 25.2 Å². The monoisotopic (exact) mass is 320 g/mol. The molecule has 6 heteroatoms. The Kier molecular flexibility index (Phi) is 4.18. The number of aliphatic hydroxyl groups is 1. The molecule has 17 heavy (non-hydrogen) atoms. The molecule has 0 aliphatic carbocycles. The molecule has 2 heterocycles. The van der Waals surface area contributed by atoms with Gasteiger partial charge in [-0.3, -0.25) is 4.68 Å². The highest BCUT2D eigenvalue weighted by Crippen LogP contribution is 2.43. The minimum atomic E-state index is -0.784. The maximum atomic E-state index is 10.8. The molecule has 96 valence electrons. The smallest absolute Gasteiger partial charge is 0.120 e. The van der Waals surface area contributed by atoms with Crippen molar-refractivity contribution in [3.8, 4) is 0 Å². The topological polar surface area (TPSA) is 47.3 Å². The Labute approximate surface area is 114 Å². The van der Waals surface area contributed by atoms with E-state index in [0.29, 0.717) is 13.2 Å². The van der Waals surface area contributed by atoms with Gasteiger partial charge in [-0.2, -0.15) is 16.9 Å². The summed E-state index contributed by atoms with van der Waals surface area (Å²) in [7, 11) is 1.67. The zero-order valence-electron chi connectivity index (χ0n) is 10.0. The normalized spacial score (nSPS) is 28.8. The van der Waals surface area contributed by atoms with Crippen LogP contribution in [0.2, 0.25) is 0 Å². The fraction of sp³-hybridized carbons (Fsp3) is 0.727. The minimum Gasteiger partial charge on any atom is -0.383 e. The molecule has 0 radical (unpaired) electrons. The molecule has 0 amide bonds. The Morgan fingerprint density at radius 2 is 2.53 bits per heavy atom. The maximum Gasteiger partial charge on any atom is 0.120 e. The first-order valence-electron chi connectivity index (χ1n) is 5.60. The SMILES string of the molecule is COCCn1ncc(Br)c1C1(O)CSCC1C. The highest BCUT2D eigenvalue weighted by Gasteiger charge is 2.44. The van der Waals surface area contributed by atoms with E-state index in [4.69, 9.17) is 4.74 Å². The first-order chi connectivity index (χ1) is 8.09. The molecule has 0 aromatic carbocycles. The Bertz CT molecular complexity index is 399. The zero-order valence-corrected chi connectivity index (χ0v) is 12.4. The summed E-state index contributed by atoms with van der Waals surface area (Å²) in [5, 5.41) is 15.1. The van der Waals surface area contributed by atoms with Gasteiger partial charge in [0.2, 0.25) is 0 Å². The van der Waals surface area contributed by atoms with Crippen molar-refractivity contribution in [1.82, 2.24) is 9.78 Å². The molecule has 4 nitrogen and oxygen atoms in total. The van der Waals surface area contributed by atoms with Gasteiger partial charge in [0.15, 0.2) is 0 Å². The Morgan fingerprint density at radius 3 is 3.12 bits per heavy atom. The van der Waals surface area contributed by atoms with Gasteiger partial charge < -0.3 is 9.84 Å². The van der Waals surface area contributed by atoms with E-state index in [0.717, 1.165) is 21.7 Å². The third-order valence-electron chi connectivity index (χ3n) is 3.22. The lowest BCUT2D eigenvalue weighted by atomic mass is 9.89. The van der Waals surface area contributed by atoms with Crippen LogP contribution in [0.5, 0.6) is 0 Å². The molecular formula is C11H17BrN2O2S. The number of ether oxygens (including phenoxy) is 1. The van der Waals surface area contributed by atoms with Gasteiger partial charge in [-0.25, -0.2) is 0 Å².